The second kappa shape index (κ2) is 5.78. The van der Waals surface area contributed by atoms with Crippen molar-refractivity contribution in [1.82, 2.24) is 4.98 Å². The minimum atomic E-state index is -4.02. The van der Waals surface area contributed by atoms with Gasteiger partial charge in [0.1, 0.15) is 10.7 Å². The fraction of sp³-hybridized carbons (Fsp3) is 0.0833. The smallest absolute Gasteiger partial charge is 0.264 e. The van der Waals surface area contributed by atoms with Crippen molar-refractivity contribution in [3.63, 3.8) is 0 Å². The predicted octanol–water partition coefficient (Wildman–Crippen LogP) is 3.33. The Morgan fingerprint density at radius 2 is 2.10 bits per heavy atom. The molecule has 1 aromatic carbocycles. The molecule has 0 unspecified atom stereocenters. The van der Waals surface area contributed by atoms with Crippen molar-refractivity contribution in [1.29, 1.82) is 0 Å². The summed E-state index contributed by atoms with van der Waals surface area (Å²) in [4.78, 5) is 3.56. The number of benzene rings is 1. The summed E-state index contributed by atoms with van der Waals surface area (Å²) in [7, 11) is -4.02. The number of hydrogen-bond acceptors (Lipinski definition) is 4. The molecule has 9 heteroatoms. The molecule has 1 aromatic heterocycles. The first-order valence-corrected chi connectivity index (χ1v) is 8.26. The summed E-state index contributed by atoms with van der Waals surface area (Å²) in [6.45, 7) is 1.68. The Hall–Kier alpha value is -1.38. The highest BCUT2D eigenvalue weighted by atomic mass is 79.9. The van der Waals surface area contributed by atoms with Crippen LogP contribution in [0.2, 0.25) is 5.15 Å². The summed E-state index contributed by atoms with van der Waals surface area (Å²) in [5.41, 5.74) is 6.12. The third-order valence-electron chi connectivity index (χ3n) is 2.69. The predicted molar refractivity (Wildman–Crippen MR) is 83.3 cm³/mol. The van der Waals surface area contributed by atoms with E-state index >= 15 is 0 Å². The number of nitrogens with one attached hydrogen (secondary N) is 1. The monoisotopic (exact) mass is 393 g/mol. The minimum absolute atomic E-state index is 0.00826. The van der Waals surface area contributed by atoms with Gasteiger partial charge in [-0.1, -0.05) is 11.6 Å². The average Bonchev–Trinajstić information content (AvgIpc) is 2.38. The molecule has 3 N–H and O–H groups in total. The van der Waals surface area contributed by atoms with Crippen LogP contribution in [0.4, 0.5) is 15.8 Å². The van der Waals surface area contributed by atoms with Gasteiger partial charge in [-0.3, -0.25) is 4.72 Å². The highest BCUT2D eigenvalue weighted by Gasteiger charge is 2.22. The van der Waals surface area contributed by atoms with E-state index in [1.807, 2.05) is 0 Å². The van der Waals surface area contributed by atoms with Crippen LogP contribution < -0.4 is 10.5 Å². The molecular weight excluding hydrogens is 385 g/mol. The van der Waals surface area contributed by atoms with Gasteiger partial charge in [0.2, 0.25) is 0 Å². The summed E-state index contributed by atoms with van der Waals surface area (Å²) in [6, 6.07) is 3.62. The molecule has 2 aromatic rings. The standard InChI is InChI=1S/C12H10BrClFN3O2S/c1-6-2-3-17-12(14)11(6)18-21(19,20)10-4-7(13)8(15)5-9(10)16/h2-5,18H,16H2,1H3. The van der Waals surface area contributed by atoms with Gasteiger partial charge in [0.15, 0.2) is 5.15 Å². The van der Waals surface area contributed by atoms with Crippen LogP contribution in [0.1, 0.15) is 5.56 Å². The first kappa shape index (κ1) is 16.0. The summed E-state index contributed by atoms with van der Waals surface area (Å²) >= 11 is 8.81. The van der Waals surface area contributed by atoms with Gasteiger partial charge in [0.05, 0.1) is 15.8 Å². The van der Waals surface area contributed by atoms with Crippen LogP contribution in [-0.2, 0) is 10.0 Å². The van der Waals surface area contributed by atoms with E-state index in [0.717, 1.165) is 12.1 Å². The van der Waals surface area contributed by atoms with Gasteiger partial charge in [0.25, 0.3) is 10.0 Å². The van der Waals surface area contributed by atoms with Crippen LogP contribution in [0.15, 0.2) is 33.8 Å². The van der Waals surface area contributed by atoms with E-state index in [4.69, 9.17) is 17.3 Å². The lowest BCUT2D eigenvalue weighted by atomic mass is 10.3. The van der Waals surface area contributed by atoms with Crippen LogP contribution in [0.5, 0.6) is 0 Å². The summed E-state index contributed by atoms with van der Waals surface area (Å²) in [5.74, 6) is -0.651. The Balaban J connectivity index is 2.51. The molecule has 0 spiro atoms. The lowest BCUT2D eigenvalue weighted by Gasteiger charge is -2.13. The molecule has 112 valence electrons. The number of anilines is 2. The number of aryl methyl sites for hydroxylation is 1. The fourth-order valence-corrected chi connectivity index (χ4v) is 3.70. The van der Waals surface area contributed by atoms with Crippen LogP contribution in [0.25, 0.3) is 0 Å². The van der Waals surface area contributed by atoms with Gasteiger partial charge in [-0.2, -0.15) is 0 Å². The second-order valence-electron chi connectivity index (χ2n) is 4.20. The third kappa shape index (κ3) is 3.28. The Labute approximate surface area is 134 Å². The molecule has 0 atom stereocenters. The van der Waals surface area contributed by atoms with E-state index in [2.05, 4.69) is 25.6 Å². The zero-order chi connectivity index (χ0) is 15.8. The van der Waals surface area contributed by atoms with E-state index < -0.39 is 15.8 Å². The van der Waals surface area contributed by atoms with Gasteiger partial charge in [-0.25, -0.2) is 17.8 Å². The van der Waals surface area contributed by atoms with E-state index in [-0.39, 0.29) is 25.9 Å². The van der Waals surface area contributed by atoms with E-state index in [9.17, 15) is 12.8 Å². The third-order valence-corrected chi connectivity index (χ3v) is 4.99. The fourth-order valence-electron chi connectivity index (χ4n) is 1.61. The number of aromatic nitrogens is 1. The van der Waals surface area contributed by atoms with Crippen molar-refractivity contribution in [2.45, 2.75) is 11.8 Å². The zero-order valence-electron chi connectivity index (χ0n) is 10.7. The summed E-state index contributed by atoms with van der Waals surface area (Å²) < 4.78 is 40.4. The Kier molecular flexibility index (Phi) is 4.40. The largest absolute Gasteiger partial charge is 0.398 e. The highest BCUT2D eigenvalue weighted by Crippen LogP contribution is 2.30. The maximum absolute atomic E-state index is 13.3. The highest BCUT2D eigenvalue weighted by molar-refractivity contribution is 9.10. The molecule has 0 bridgehead atoms. The molecule has 21 heavy (non-hydrogen) atoms. The number of nitrogens with zero attached hydrogens (tertiary/aromatic N) is 1. The van der Waals surface area contributed by atoms with Gasteiger partial charge in [-0.05, 0) is 46.6 Å². The number of halogens is 3. The number of hydrogen-bond donors (Lipinski definition) is 2. The quantitative estimate of drug-likeness (QED) is 0.618. The normalized spacial score (nSPS) is 11.4. The average molecular weight is 395 g/mol. The molecule has 0 aliphatic rings. The summed E-state index contributed by atoms with van der Waals surface area (Å²) in [5, 5.41) is 0.0123. The van der Waals surface area contributed by atoms with Gasteiger partial charge in [-0.15, -0.1) is 0 Å². The Bertz CT molecular complexity index is 794. The zero-order valence-corrected chi connectivity index (χ0v) is 13.9. The molecule has 2 rings (SSSR count). The van der Waals surface area contributed by atoms with Crippen LogP contribution in [-0.4, -0.2) is 13.4 Å². The maximum atomic E-state index is 13.3. The van der Waals surface area contributed by atoms with Crippen LogP contribution in [0, 0.1) is 12.7 Å². The molecule has 0 saturated heterocycles. The van der Waals surface area contributed by atoms with E-state index in [1.165, 1.54) is 6.20 Å². The van der Waals surface area contributed by atoms with Gasteiger partial charge < -0.3 is 5.73 Å². The Morgan fingerprint density at radius 1 is 1.43 bits per heavy atom. The molecule has 0 aliphatic heterocycles. The van der Waals surface area contributed by atoms with E-state index in [0.29, 0.717) is 5.56 Å². The molecule has 0 amide bonds. The molecule has 0 saturated carbocycles. The number of pyridine rings is 1. The molecule has 5 nitrogen and oxygen atoms in total. The van der Waals surface area contributed by atoms with Crippen molar-refractivity contribution >= 4 is 48.9 Å². The van der Waals surface area contributed by atoms with Crippen molar-refractivity contribution in [3.8, 4) is 0 Å². The Morgan fingerprint density at radius 3 is 2.71 bits per heavy atom. The van der Waals surface area contributed by atoms with Crippen molar-refractivity contribution in [3.05, 3.63) is 45.4 Å². The second-order valence-corrected chi connectivity index (χ2v) is 7.07. The van der Waals surface area contributed by atoms with Crippen molar-refractivity contribution in [2.24, 2.45) is 0 Å². The molecule has 0 aliphatic carbocycles. The van der Waals surface area contributed by atoms with Gasteiger partial charge >= 0.3 is 0 Å². The molecule has 0 fully saturated rings. The number of nitrogens with two attached hydrogens (primary N) is 1. The lowest BCUT2D eigenvalue weighted by Crippen LogP contribution is -2.16. The van der Waals surface area contributed by atoms with Crippen molar-refractivity contribution < 1.29 is 12.8 Å². The first-order valence-electron chi connectivity index (χ1n) is 5.61. The number of nitrogen functional groups attached to an aromatic ring is 1. The minimum Gasteiger partial charge on any atom is -0.398 e. The topological polar surface area (TPSA) is 85.1 Å². The number of rotatable bonds is 3. The van der Waals surface area contributed by atoms with Crippen LogP contribution >= 0.6 is 27.5 Å². The maximum Gasteiger partial charge on any atom is 0.264 e. The molecule has 0 radical (unpaired) electrons. The SMILES string of the molecule is Cc1ccnc(Cl)c1NS(=O)(=O)c1cc(Br)c(F)cc1N. The summed E-state index contributed by atoms with van der Waals surface area (Å²) in [6.07, 6.45) is 1.46. The lowest BCUT2D eigenvalue weighted by molar-refractivity contribution is 0.599. The number of sulfonamides is 1. The van der Waals surface area contributed by atoms with Crippen molar-refractivity contribution in [2.75, 3.05) is 10.5 Å². The van der Waals surface area contributed by atoms with Crippen LogP contribution in [0.3, 0.4) is 0 Å². The molecular formula is C12H10BrClFN3O2S. The molecule has 1 heterocycles. The van der Waals surface area contributed by atoms with Gasteiger partial charge in [0, 0.05) is 6.20 Å². The van der Waals surface area contributed by atoms with E-state index in [1.54, 1.807) is 13.0 Å². The first-order chi connectivity index (χ1) is 9.72.